The van der Waals surface area contributed by atoms with Gasteiger partial charge >= 0.3 is 0 Å². The van der Waals surface area contributed by atoms with Crippen LogP contribution < -0.4 is 10.8 Å². The van der Waals surface area contributed by atoms with Gasteiger partial charge in [0, 0.05) is 5.41 Å². The molecule has 4 nitrogen and oxygen atoms in total. The van der Waals surface area contributed by atoms with Crippen LogP contribution in [0.1, 0.15) is 52.4 Å². The Kier molecular flexibility index (Phi) is 4.62. The number of piperidine rings is 1. The predicted octanol–water partition coefficient (Wildman–Crippen LogP) is 2.00. The van der Waals surface area contributed by atoms with Crippen LogP contribution in [0.15, 0.2) is 0 Å². The van der Waals surface area contributed by atoms with Crippen LogP contribution >= 0.6 is 0 Å². The molecule has 2 rings (SSSR count). The average Bonchev–Trinajstić information content (AvgIpc) is 2.90. The molecule has 2 N–H and O–H groups in total. The molecule has 1 heterocycles. The van der Waals surface area contributed by atoms with Crippen molar-refractivity contribution >= 4 is 5.91 Å². The molecule has 1 amide bonds. The van der Waals surface area contributed by atoms with Crippen LogP contribution in [0.25, 0.3) is 0 Å². The van der Waals surface area contributed by atoms with E-state index in [0.29, 0.717) is 5.92 Å². The molecule has 0 radical (unpaired) electrons. The molecule has 2 aliphatic rings. The normalized spacial score (nSPS) is 26.2. The van der Waals surface area contributed by atoms with Gasteiger partial charge in [-0.05, 0) is 44.7 Å². The molecule has 0 bridgehead atoms. The molecule has 2 fully saturated rings. The number of carbonyl (C=O) groups excluding carboxylic acids is 1. The monoisotopic (exact) mass is 254 g/mol. The van der Waals surface area contributed by atoms with Crippen molar-refractivity contribution in [2.45, 2.75) is 58.5 Å². The molecule has 1 saturated carbocycles. The van der Waals surface area contributed by atoms with E-state index in [-0.39, 0.29) is 17.4 Å². The van der Waals surface area contributed by atoms with Crippen LogP contribution in [0.3, 0.4) is 0 Å². The Morgan fingerprint density at radius 1 is 1.22 bits per heavy atom. The summed E-state index contributed by atoms with van der Waals surface area (Å²) in [6, 6.07) is 0. The third-order valence-electron chi connectivity index (χ3n) is 4.52. The third kappa shape index (κ3) is 3.23. The smallest absolute Gasteiger partial charge is 0.249 e. The Morgan fingerprint density at radius 2 is 1.94 bits per heavy atom. The second kappa shape index (κ2) is 6.02. The lowest BCUT2D eigenvalue weighted by Gasteiger charge is -2.35. The molecule has 1 saturated heterocycles. The van der Waals surface area contributed by atoms with Crippen molar-refractivity contribution in [2.24, 2.45) is 11.3 Å². The van der Waals surface area contributed by atoms with Gasteiger partial charge in [0.2, 0.25) is 5.91 Å². The SMILES string of the molecule is CC(C)(C(=O)NOC1CCCC1)C1CCCNC1. The number of hydrogen-bond donors (Lipinski definition) is 2. The Hall–Kier alpha value is -0.610. The summed E-state index contributed by atoms with van der Waals surface area (Å²) in [6.45, 7) is 6.06. The second-order valence-corrected chi connectivity index (χ2v) is 6.22. The van der Waals surface area contributed by atoms with Gasteiger partial charge in [-0.15, -0.1) is 0 Å². The van der Waals surface area contributed by atoms with E-state index in [1.54, 1.807) is 0 Å². The molecule has 1 unspecified atom stereocenters. The van der Waals surface area contributed by atoms with Gasteiger partial charge in [-0.25, -0.2) is 5.48 Å². The molecule has 0 aromatic carbocycles. The minimum Gasteiger partial charge on any atom is -0.316 e. The van der Waals surface area contributed by atoms with Gasteiger partial charge in [0.05, 0.1) is 6.10 Å². The third-order valence-corrected chi connectivity index (χ3v) is 4.52. The Morgan fingerprint density at radius 3 is 2.56 bits per heavy atom. The molecule has 4 heteroatoms. The maximum absolute atomic E-state index is 12.3. The summed E-state index contributed by atoms with van der Waals surface area (Å²) < 4.78 is 0. The number of nitrogens with one attached hydrogen (secondary N) is 2. The van der Waals surface area contributed by atoms with E-state index in [0.717, 1.165) is 38.8 Å². The fraction of sp³-hybridized carbons (Fsp3) is 0.929. The highest BCUT2D eigenvalue weighted by Crippen LogP contribution is 2.32. The van der Waals surface area contributed by atoms with Crippen molar-refractivity contribution < 1.29 is 9.63 Å². The van der Waals surface area contributed by atoms with Gasteiger partial charge in [0.15, 0.2) is 0 Å². The topological polar surface area (TPSA) is 50.4 Å². The standard InChI is InChI=1S/C14H26N2O2/c1-14(2,11-6-5-9-15-10-11)13(17)16-18-12-7-3-4-8-12/h11-12,15H,3-10H2,1-2H3,(H,16,17). The van der Waals surface area contributed by atoms with Gasteiger partial charge in [0.1, 0.15) is 0 Å². The first-order valence-corrected chi connectivity index (χ1v) is 7.27. The molecule has 104 valence electrons. The number of hydrogen-bond acceptors (Lipinski definition) is 3. The van der Waals surface area contributed by atoms with Crippen molar-refractivity contribution in [3.8, 4) is 0 Å². The summed E-state index contributed by atoms with van der Waals surface area (Å²) in [6.07, 6.45) is 7.10. The number of rotatable bonds is 4. The van der Waals surface area contributed by atoms with E-state index < -0.39 is 0 Å². The second-order valence-electron chi connectivity index (χ2n) is 6.22. The van der Waals surface area contributed by atoms with E-state index in [2.05, 4.69) is 10.8 Å². The number of carbonyl (C=O) groups is 1. The highest BCUT2D eigenvalue weighted by Gasteiger charge is 2.37. The first-order valence-electron chi connectivity index (χ1n) is 7.27. The van der Waals surface area contributed by atoms with Crippen LogP contribution in [0.5, 0.6) is 0 Å². The zero-order chi connectivity index (χ0) is 13.0. The van der Waals surface area contributed by atoms with E-state index >= 15 is 0 Å². The highest BCUT2D eigenvalue weighted by molar-refractivity contribution is 5.81. The zero-order valence-electron chi connectivity index (χ0n) is 11.6. The van der Waals surface area contributed by atoms with Crippen molar-refractivity contribution in [1.82, 2.24) is 10.8 Å². The minimum absolute atomic E-state index is 0.0306. The van der Waals surface area contributed by atoms with Gasteiger partial charge in [-0.3, -0.25) is 9.63 Å². The number of amides is 1. The summed E-state index contributed by atoms with van der Waals surface area (Å²) in [7, 11) is 0. The van der Waals surface area contributed by atoms with Crippen molar-refractivity contribution in [3.63, 3.8) is 0 Å². The summed E-state index contributed by atoms with van der Waals surface area (Å²) in [5.74, 6) is 0.432. The molecular weight excluding hydrogens is 228 g/mol. The summed E-state index contributed by atoms with van der Waals surface area (Å²) >= 11 is 0. The largest absolute Gasteiger partial charge is 0.316 e. The van der Waals surface area contributed by atoms with Crippen molar-refractivity contribution in [1.29, 1.82) is 0 Å². The zero-order valence-corrected chi connectivity index (χ0v) is 11.6. The Labute approximate surface area is 110 Å². The molecular formula is C14H26N2O2. The maximum Gasteiger partial charge on any atom is 0.249 e. The van der Waals surface area contributed by atoms with Gasteiger partial charge in [-0.1, -0.05) is 26.7 Å². The lowest BCUT2D eigenvalue weighted by atomic mass is 9.74. The molecule has 1 aliphatic heterocycles. The van der Waals surface area contributed by atoms with Crippen LogP contribution in [0.4, 0.5) is 0 Å². The van der Waals surface area contributed by atoms with E-state index in [1.807, 2.05) is 13.8 Å². The van der Waals surface area contributed by atoms with Crippen LogP contribution in [0.2, 0.25) is 0 Å². The van der Waals surface area contributed by atoms with Crippen molar-refractivity contribution in [3.05, 3.63) is 0 Å². The number of hydroxylamine groups is 1. The summed E-state index contributed by atoms with van der Waals surface area (Å²) in [5, 5.41) is 3.37. The molecule has 0 aromatic heterocycles. The Bertz CT molecular complexity index is 280. The van der Waals surface area contributed by atoms with E-state index in [1.165, 1.54) is 12.8 Å². The molecule has 0 aromatic rings. The average molecular weight is 254 g/mol. The highest BCUT2D eigenvalue weighted by atomic mass is 16.7. The lowest BCUT2D eigenvalue weighted by Crippen LogP contribution is -2.47. The molecule has 0 spiro atoms. The van der Waals surface area contributed by atoms with E-state index in [4.69, 9.17) is 4.84 Å². The predicted molar refractivity (Wildman–Crippen MR) is 70.9 cm³/mol. The van der Waals surface area contributed by atoms with E-state index in [9.17, 15) is 4.79 Å². The van der Waals surface area contributed by atoms with Crippen LogP contribution in [-0.2, 0) is 9.63 Å². The maximum atomic E-state index is 12.3. The van der Waals surface area contributed by atoms with Gasteiger partial charge in [-0.2, -0.15) is 0 Å². The fourth-order valence-corrected chi connectivity index (χ4v) is 2.93. The molecule has 18 heavy (non-hydrogen) atoms. The fourth-order valence-electron chi connectivity index (χ4n) is 2.93. The summed E-state index contributed by atoms with van der Waals surface area (Å²) in [4.78, 5) is 17.8. The van der Waals surface area contributed by atoms with Crippen LogP contribution in [-0.4, -0.2) is 25.1 Å². The van der Waals surface area contributed by atoms with Gasteiger partial charge in [0.25, 0.3) is 0 Å². The molecule has 1 atom stereocenters. The van der Waals surface area contributed by atoms with Crippen molar-refractivity contribution in [2.75, 3.05) is 13.1 Å². The summed E-state index contributed by atoms with van der Waals surface area (Å²) in [5.41, 5.74) is 2.34. The molecule has 1 aliphatic carbocycles. The quantitative estimate of drug-likeness (QED) is 0.754. The minimum atomic E-state index is -0.355. The lowest BCUT2D eigenvalue weighted by molar-refractivity contribution is -0.150. The first kappa shape index (κ1) is 13.8. The van der Waals surface area contributed by atoms with Gasteiger partial charge < -0.3 is 5.32 Å². The van der Waals surface area contributed by atoms with Crippen LogP contribution in [0, 0.1) is 11.3 Å². The Balaban J connectivity index is 1.81. The first-order chi connectivity index (χ1) is 8.60.